The average Bonchev–Trinajstić information content (AvgIpc) is 3.03. The Kier molecular flexibility index (Phi) is 4.81. The number of ether oxygens (including phenoxy) is 3. The van der Waals surface area contributed by atoms with Crippen molar-refractivity contribution in [2.75, 3.05) is 18.7 Å². The first kappa shape index (κ1) is 15.7. The molecule has 0 bridgehead atoms. The van der Waals surface area contributed by atoms with Crippen LogP contribution in [0.15, 0.2) is 47.6 Å². The Bertz CT molecular complexity index is 747. The van der Waals surface area contributed by atoms with Crippen molar-refractivity contribution in [2.45, 2.75) is 6.92 Å². The number of carbonyl (C=O) groups excluding carboxylic acids is 1. The van der Waals surface area contributed by atoms with Crippen molar-refractivity contribution in [1.29, 1.82) is 0 Å². The summed E-state index contributed by atoms with van der Waals surface area (Å²) in [7, 11) is 0. The van der Waals surface area contributed by atoms with Gasteiger partial charge in [-0.25, -0.2) is 10.2 Å². The molecule has 0 saturated carbocycles. The Hall–Kier alpha value is -3.22. The molecule has 2 aromatic carbocycles. The maximum Gasteiger partial charge on any atom is 0.339 e. The van der Waals surface area contributed by atoms with E-state index in [0.717, 1.165) is 0 Å². The zero-order chi connectivity index (χ0) is 16.8. The predicted octanol–water partition coefficient (Wildman–Crippen LogP) is 2.97. The maximum atomic E-state index is 11.8. The van der Waals surface area contributed by atoms with Gasteiger partial charge in [-0.2, -0.15) is 5.10 Å². The molecule has 0 atom stereocenters. The van der Waals surface area contributed by atoms with E-state index in [1.807, 2.05) is 25.1 Å². The van der Waals surface area contributed by atoms with E-state index >= 15 is 0 Å². The Morgan fingerprint density at radius 2 is 2.00 bits per heavy atom. The summed E-state index contributed by atoms with van der Waals surface area (Å²) in [5.41, 5.74) is 3.77. The summed E-state index contributed by atoms with van der Waals surface area (Å²) < 4.78 is 16.2. The van der Waals surface area contributed by atoms with Crippen LogP contribution in [0.4, 0.5) is 10.5 Å². The van der Waals surface area contributed by atoms with E-state index < -0.39 is 6.03 Å². The van der Waals surface area contributed by atoms with Crippen LogP contribution < -0.4 is 25.0 Å². The topological polar surface area (TPSA) is 81.2 Å². The highest BCUT2D eigenvalue weighted by molar-refractivity contribution is 5.91. The minimum Gasteiger partial charge on any atom is -0.493 e. The molecule has 2 aromatic rings. The highest BCUT2D eigenvalue weighted by atomic mass is 16.7. The first-order valence-electron chi connectivity index (χ1n) is 7.48. The molecule has 24 heavy (non-hydrogen) atoms. The van der Waals surface area contributed by atoms with Gasteiger partial charge in [0.15, 0.2) is 11.5 Å². The van der Waals surface area contributed by atoms with Gasteiger partial charge in [-0.1, -0.05) is 18.2 Å². The highest BCUT2D eigenvalue weighted by Crippen LogP contribution is 2.37. The van der Waals surface area contributed by atoms with Gasteiger partial charge in [0.1, 0.15) is 5.75 Å². The molecular weight excluding hydrogens is 310 g/mol. The lowest BCUT2D eigenvalue weighted by atomic mass is 10.2. The Balaban J connectivity index is 1.66. The second kappa shape index (κ2) is 7.36. The first-order chi connectivity index (χ1) is 11.8. The van der Waals surface area contributed by atoms with Gasteiger partial charge >= 0.3 is 6.03 Å². The summed E-state index contributed by atoms with van der Waals surface area (Å²) in [6.07, 6.45) is 1.50. The molecule has 3 rings (SSSR count). The SMILES string of the molecule is CCOc1cc2c(cc1/C=N\NC(=O)Nc1ccccc1)OCO2. The first-order valence-corrected chi connectivity index (χ1v) is 7.48. The molecule has 0 fully saturated rings. The molecule has 1 aliphatic heterocycles. The Morgan fingerprint density at radius 1 is 1.25 bits per heavy atom. The second-order valence-electron chi connectivity index (χ2n) is 4.87. The molecule has 0 saturated heterocycles. The zero-order valence-corrected chi connectivity index (χ0v) is 13.1. The number of carbonyl (C=O) groups is 1. The van der Waals surface area contributed by atoms with Crippen LogP contribution in [0.25, 0.3) is 0 Å². The van der Waals surface area contributed by atoms with Gasteiger partial charge in [-0.05, 0) is 25.1 Å². The normalized spacial score (nSPS) is 12.2. The Labute approximate surface area is 139 Å². The van der Waals surface area contributed by atoms with E-state index in [4.69, 9.17) is 14.2 Å². The van der Waals surface area contributed by atoms with Crippen molar-refractivity contribution in [3.8, 4) is 17.2 Å². The van der Waals surface area contributed by atoms with Gasteiger partial charge < -0.3 is 19.5 Å². The van der Waals surface area contributed by atoms with E-state index in [2.05, 4.69) is 15.8 Å². The molecule has 2 N–H and O–H groups in total. The van der Waals surface area contributed by atoms with E-state index in [1.54, 1.807) is 24.3 Å². The monoisotopic (exact) mass is 327 g/mol. The number of para-hydroxylation sites is 1. The molecule has 0 radical (unpaired) electrons. The molecule has 7 heteroatoms. The number of nitrogens with one attached hydrogen (secondary N) is 2. The lowest BCUT2D eigenvalue weighted by molar-refractivity contribution is 0.174. The maximum absolute atomic E-state index is 11.8. The molecule has 0 aromatic heterocycles. The summed E-state index contributed by atoms with van der Waals surface area (Å²) in [5.74, 6) is 1.86. The van der Waals surface area contributed by atoms with Crippen LogP contribution in [0.2, 0.25) is 0 Å². The number of hydrogen-bond acceptors (Lipinski definition) is 5. The molecule has 2 amide bonds. The van der Waals surface area contributed by atoms with Crippen molar-refractivity contribution < 1.29 is 19.0 Å². The number of benzene rings is 2. The predicted molar refractivity (Wildman–Crippen MR) is 89.9 cm³/mol. The lowest BCUT2D eigenvalue weighted by Gasteiger charge is -2.08. The molecule has 0 aliphatic carbocycles. The van der Waals surface area contributed by atoms with Crippen LogP contribution >= 0.6 is 0 Å². The number of fused-ring (bicyclic) bond motifs is 1. The van der Waals surface area contributed by atoms with Crippen LogP contribution in [0.1, 0.15) is 12.5 Å². The van der Waals surface area contributed by atoms with Crippen molar-refractivity contribution >= 4 is 17.9 Å². The van der Waals surface area contributed by atoms with E-state index in [-0.39, 0.29) is 6.79 Å². The van der Waals surface area contributed by atoms with Crippen LogP contribution in [-0.4, -0.2) is 25.6 Å². The minimum absolute atomic E-state index is 0.180. The van der Waals surface area contributed by atoms with Crippen molar-refractivity contribution in [2.24, 2.45) is 5.10 Å². The third-order valence-electron chi connectivity index (χ3n) is 3.21. The number of hydrogen-bond donors (Lipinski definition) is 2. The average molecular weight is 327 g/mol. The van der Waals surface area contributed by atoms with Crippen LogP contribution in [0.3, 0.4) is 0 Å². The van der Waals surface area contributed by atoms with Crippen LogP contribution in [-0.2, 0) is 0 Å². The van der Waals surface area contributed by atoms with Crippen LogP contribution in [0.5, 0.6) is 17.2 Å². The summed E-state index contributed by atoms with van der Waals surface area (Å²) in [6, 6.07) is 12.2. The van der Waals surface area contributed by atoms with Gasteiger partial charge in [0, 0.05) is 17.3 Å². The smallest absolute Gasteiger partial charge is 0.339 e. The molecule has 1 heterocycles. The van der Waals surface area contributed by atoms with Gasteiger partial charge in [0.05, 0.1) is 12.8 Å². The van der Waals surface area contributed by atoms with Gasteiger partial charge in [0.25, 0.3) is 0 Å². The van der Waals surface area contributed by atoms with Gasteiger partial charge in [0.2, 0.25) is 6.79 Å². The summed E-state index contributed by atoms with van der Waals surface area (Å²) >= 11 is 0. The number of nitrogens with zero attached hydrogens (tertiary/aromatic N) is 1. The number of rotatable bonds is 5. The third kappa shape index (κ3) is 3.75. The Morgan fingerprint density at radius 3 is 2.75 bits per heavy atom. The fraction of sp³-hybridized carbons (Fsp3) is 0.176. The molecule has 0 unspecified atom stereocenters. The van der Waals surface area contributed by atoms with Crippen molar-refractivity contribution in [3.63, 3.8) is 0 Å². The van der Waals surface area contributed by atoms with Crippen LogP contribution in [0, 0.1) is 0 Å². The number of anilines is 1. The van der Waals surface area contributed by atoms with Crippen molar-refractivity contribution in [3.05, 3.63) is 48.0 Å². The lowest BCUT2D eigenvalue weighted by Crippen LogP contribution is -2.24. The number of amides is 2. The van der Waals surface area contributed by atoms with Crippen molar-refractivity contribution in [1.82, 2.24) is 5.43 Å². The summed E-state index contributed by atoms with van der Waals surface area (Å²) in [4.78, 5) is 11.8. The van der Waals surface area contributed by atoms with Gasteiger partial charge in [-0.15, -0.1) is 0 Å². The molecule has 7 nitrogen and oxygen atoms in total. The summed E-state index contributed by atoms with van der Waals surface area (Å²) in [6.45, 7) is 2.57. The quantitative estimate of drug-likeness (QED) is 0.653. The summed E-state index contributed by atoms with van der Waals surface area (Å²) in [5, 5.41) is 6.61. The zero-order valence-electron chi connectivity index (χ0n) is 13.1. The fourth-order valence-corrected chi connectivity index (χ4v) is 2.16. The second-order valence-corrected chi connectivity index (χ2v) is 4.87. The largest absolute Gasteiger partial charge is 0.493 e. The molecule has 1 aliphatic rings. The highest BCUT2D eigenvalue weighted by Gasteiger charge is 2.17. The number of hydrazone groups is 1. The third-order valence-corrected chi connectivity index (χ3v) is 3.21. The number of urea groups is 1. The minimum atomic E-state index is -0.434. The van der Waals surface area contributed by atoms with E-state index in [9.17, 15) is 4.79 Å². The standard InChI is InChI=1S/C17H17N3O4/c1-2-22-14-9-16-15(23-11-24-16)8-12(14)10-18-20-17(21)19-13-6-4-3-5-7-13/h3-10H,2,11H2,1H3,(H2,19,20,21)/b18-10-. The fourth-order valence-electron chi connectivity index (χ4n) is 2.16. The molecular formula is C17H17N3O4. The van der Waals surface area contributed by atoms with E-state index in [1.165, 1.54) is 6.21 Å². The molecule has 0 spiro atoms. The van der Waals surface area contributed by atoms with E-state index in [0.29, 0.717) is 35.1 Å². The molecule has 124 valence electrons. The van der Waals surface area contributed by atoms with Gasteiger partial charge in [-0.3, -0.25) is 0 Å².